The summed E-state index contributed by atoms with van der Waals surface area (Å²) in [6, 6.07) is 33.8. The molecule has 1 atom stereocenters. The summed E-state index contributed by atoms with van der Waals surface area (Å²) >= 11 is 0. The molecule has 4 aromatic carbocycles. The standard InChI is InChI=1S/C35H39N3O5S/c1-27(2)24-36-35(40)33(23-28-13-7-4-8-14-28)37(25-29-15-9-5-10-16-29)34(39)26-38(44(3,41)42)30-19-21-32(22-20-30)43-31-17-11-6-12-18-31/h4-22,27,33H,23-26H2,1-3H3,(H,36,40). The fourth-order valence-corrected chi connectivity index (χ4v) is 5.52. The van der Waals surface area contributed by atoms with Gasteiger partial charge >= 0.3 is 0 Å². The van der Waals surface area contributed by atoms with Crippen LogP contribution in [0.3, 0.4) is 0 Å². The highest BCUT2D eigenvalue weighted by atomic mass is 32.2. The number of sulfonamides is 1. The molecule has 1 N–H and O–H groups in total. The van der Waals surface area contributed by atoms with Crippen molar-refractivity contribution in [3.63, 3.8) is 0 Å². The Labute approximate surface area is 260 Å². The first-order valence-electron chi connectivity index (χ1n) is 14.6. The number of amides is 2. The number of carbonyl (C=O) groups is 2. The Morgan fingerprint density at radius 3 is 1.82 bits per heavy atom. The Hall–Kier alpha value is -4.63. The van der Waals surface area contributed by atoms with Crippen molar-refractivity contribution in [3.8, 4) is 11.5 Å². The number of carbonyl (C=O) groups excluding carboxylic acids is 2. The predicted octanol–water partition coefficient (Wildman–Crippen LogP) is 5.66. The number of ether oxygens (including phenoxy) is 1. The lowest BCUT2D eigenvalue weighted by atomic mass is 10.0. The van der Waals surface area contributed by atoms with Gasteiger partial charge in [0.05, 0.1) is 11.9 Å². The minimum absolute atomic E-state index is 0.133. The molecular weight excluding hydrogens is 574 g/mol. The van der Waals surface area contributed by atoms with E-state index < -0.39 is 28.5 Å². The van der Waals surface area contributed by atoms with Crippen molar-refractivity contribution in [1.82, 2.24) is 10.2 Å². The van der Waals surface area contributed by atoms with Gasteiger partial charge in [0.2, 0.25) is 21.8 Å². The first-order chi connectivity index (χ1) is 21.1. The second-order valence-electron chi connectivity index (χ2n) is 11.0. The van der Waals surface area contributed by atoms with Crippen LogP contribution >= 0.6 is 0 Å². The quantitative estimate of drug-likeness (QED) is 0.198. The summed E-state index contributed by atoms with van der Waals surface area (Å²) in [5.74, 6) is 0.594. The first kappa shape index (κ1) is 32.3. The smallest absolute Gasteiger partial charge is 0.244 e. The van der Waals surface area contributed by atoms with Crippen LogP contribution in [-0.4, -0.2) is 50.5 Å². The number of rotatable bonds is 14. The normalized spacial score (nSPS) is 11.9. The molecule has 0 aliphatic heterocycles. The van der Waals surface area contributed by atoms with Gasteiger partial charge in [-0.15, -0.1) is 0 Å². The van der Waals surface area contributed by atoms with Gasteiger partial charge in [-0.05, 0) is 53.4 Å². The van der Waals surface area contributed by atoms with Gasteiger partial charge in [-0.3, -0.25) is 13.9 Å². The topological polar surface area (TPSA) is 96.0 Å². The lowest BCUT2D eigenvalue weighted by Gasteiger charge is -2.33. The molecule has 0 aliphatic rings. The Kier molecular flexibility index (Phi) is 11.2. The Morgan fingerprint density at radius 1 is 0.750 bits per heavy atom. The van der Waals surface area contributed by atoms with E-state index in [4.69, 9.17) is 4.74 Å². The molecule has 0 saturated heterocycles. The lowest BCUT2D eigenvalue weighted by molar-refractivity contribution is -0.140. The molecule has 0 aromatic heterocycles. The first-order valence-corrected chi connectivity index (χ1v) is 16.4. The van der Waals surface area contributed by atoms with E-state index in [-0.39, 0.29) is 24.8 Å². The molecular formula is C35H39N3O5S. The number of hydrogen-bond donors (Lipinski definition) is 1. The van der Waals surface area contributed by atoms with E-state index in [0.717, 1.165) is 21.7 Å². The van der Waals surface area contributed by atoms with E-state index in [1.165, 1.54) is 4.90 Å². The lowest BCUT2D eigenvalue weighted by Crippen LogP contribution is -2.53. The van der Waals surface area contributed by atoms with Gasteiger partial charge in [0.15, 0.2) is 0 Å². The molecule has 0 radical (unpaired) electrons. The van der Waals surface area contributed by atoms with E-state index >= 15 is 0 Å². The van der Waals surface area contributed by atoms with Crippen LogP contribution in [0, 0.1) is 5.92 Å². The Balaban J connectivity index is 1.65. The van der Waals surface area contributed by atoms with Crippen molar-refractivity contribution in [2.75, 3.05) is 23.7 Å². The summed E-state index contributed by atoms with van der Waals surface area (Å²) in [4.78, 5) is 29.3. The number of nitrogens with zero attached hydrogens (tertiary/aromatic N) is 2. The van der Waals surface area contributed by atoms with Crippen LogP contribution in [0.2, 0.25) is 0 Å². The van der Waals surface area contributed by atoms with Gasteiger partial charge in [0.1, 0.15) is 24.1 Å². The number of nitrogens with one attached hydrogen (secondary N) is 1. The van der Waals surface area contributed by atoms with Gasteiger partial charge in [-0.1, -0.05) is 92.7 Å². The summed E-state index contributed by atoms with van der Waals surface area (Å²) in [6.07, 6.45) is 1.33. The highest BCUT2D eigenvalue weighted by Crippen LogP contribution is 2.26. The fraction of sp³-hybridized carbons (Fsp3) is 0.257. The maximum Gasteiger partial charge on any atom is 0.244 e. The highest BCUT2D eigenvalue weighted by molar-refractivity contribution is 7.92. The zero-order valence-corrected chi connectivity index (χ0v) is 26.1. The molecule has 1 unspecified atom stereocenters. The van der Waals surface area contributed by atoms with E-state index in [9.17, 15) is 18.0 Å². The largest absolute Gasteiger partial charge is 0.457 e. The Bertz CT molecular complexity index is 1600. The molecule has 4 aromatic rings. The van der Waals surface area contributed by atoms with Crippen molar-refractivity contribution in [3.05, 3.63) is 126 Å². The van der Waals surface area contributed by atoms with Gasteiger partial charge in [-0.2, -0.15) is 0 Å². The average molecular weight is 614 g/mol. The molecule has 44 heavy (non-hydrogen) atoms. The molecule has 2 amide bonds. The predicted molar refractivity (Wildman–Crippen MR) is 174 cm³/mol. The van der Waals surface area contributed by atoms with Crippen LogP contribution in [0.1, 0.15) is 25.0 Å². The highest BCUT2D eigenvalue weighted by Gasteiger charge is 2.33. The van der Waals surface area contributed by atoms with Crippen LogP contribution < -0.4 is 14.4 Å². The molecule has 9 heteroatoms. The van der Waals surface area contributed by atoms with Crippen molar-refractivity contribution >= 4 is 27.5 Å². The summed E-state index contributed by atoms with van der Waals surface area (Å²) in [6.45, 7) is 4.10. The van der Waals surface area contributed by atoms with Crippen LogP contribution in [0.5, 0.6) is 11.5 Å². The van der Waals surface area contributed by atoms with Crippen molar-refractivity contribution in [2.45, 2.75) is 32.9 Å². The van der Waals surface area contributed by atoms with Crippen LogP contribution in [0.4, 0.5) is 5.69 Å². The number of para-hydroxylation sites is 1. The second kappa shape index (κ2) is 15.2. The summed E-state index contributed by atoms with van der Waals surface area (Å²) in [5, 5.41) is 2.99. The molecule has 4 rings (SSSR count). The molecule has 0 saturated carbocycles. The second-order valence-corrected chi connectivity index (χ2v) is 12.9. The SMILES string of the molecule is CC(C)CNC(=O)C(Cc1ccccc1)N(Cc1ccccc1)C(=O)CN(c1ccc(Oc2ccccc2)cc1)S(C)(=O)=O. The van der Waals surface area contributed by atoms with Crippen molar-refractivity contribution in [2.24, 2.45) is 5.92 Å². The molecule has 230 valence electrons. The molecule has 0 aliphatic carbocycles. The third-order valence-electron chi connectivity index (χ3n) is 6.93. The van der Waals surface area contributed by atoms with Crippen LogP contribution in [-0.2, 0) is 32.6 Å². The average Bonchev–Trinajstić information content (AvgIpc) is 3.01. The van der Waals surface area contributed by atoms with Crippen molar-refractivity contribution in [1.29, 1.82) is 0 Å². The third-order valence-corrected chi connectivity index (χ3v) is 8.07. The zero-order valence-electron chi connectivity index (χ0n) is 25.3. The van der Waals surface area contributed by atoms with E-state index in [2.05, 4.69) is 5.32 Å². The monoisotopic (exact) mass is 613 g/mol. The molecule has 0 bridgehead atoms. The van der Waals surface area contributed by atoms with Gasteiger partial charge in [0.25, 0.3) is 0 Å². The molecule has 0 spiro atoms. The zero-order chi connectivity index (χ0) is 31.5. The maximum absolute atomic E-state index is 14.2. The van der Waals surface area contributed by atoms with E-state index in [0.29, 0.717) is 23.7 Å². The minimum Gasteiger partial charge on any atom is -0.457 e. The van der Waals surface area contributed by atoms with E-state index in [1.807, 2.05) is 105 Å². The van der Waals surface area contributed by atoms with Gasteiger partial charge in [0, 0.05) is 19.5 Å². The molecule has 8 nitrogen and oxygen atoms in total. The van der Waals surface area contributed by atoms with Gasteiger partial charge < -0.3 is 15.0 Å². The molecule has 0 fully saturated rings. The summed E-state index contributed by atoms with van der Waals surface area (Å²) in [5.41, 5.74) is 2.02. The number of anilines is 1. The summed E-state index contributed by atoms with van der Waals surface area (Å²) < 4.78 is 33.0. The van der Waals surface area contributed by atoms with E-state index in [1.54, 1.807) is 24.3 Å². The fourth-order valence-electron chi connectivity index (χ4n) is 4.68. The number of hydrogen-bond acceptors (Lipinski definition) is 5. The van der Waals surface area contributed by atoms with Crippen molar-refractivity contribution < 1.29 is 22.7 Å². The summed E-state index contributed by atoms with van der Waals surface area (Å²) in [7, 11) is -3.87. The Morgan fingerprint density at radius 2 is 1.27 bits per heavy atom. The number of benzene rings is 4. The van der Waals surface area contributed by atoms with Crippen LogP contribution in [0.25, 0.3) is 0 Å². The van der Waals surface area contributed by atoms with Gasteiger partial charge in [-0.25, -0.2) is 8.42 Å². The third kappa shape index (κ3) is 9.44. The maximum atomic E-state index is 14.2. The van der Waals surface area contributed by atoms with Crippen LogP contribution in [0.15, 0.2) is 115 Å². The molecule has 0 heterocycles. The minimum atomic E-state index is -3.87.